The Morgan fingerprint density at radius 3 is 2.52 bits per heavy atom. The third-order valence-corrected chi connectivity index (χ3v) is 5.09. The van der Waals surface area contributed by atoms with Gasteiger partial charge in [0, 0.05) is 30.9 Å². The van der Waals surface area contributed by atoms with Gasteiger partial charge in [-0.2, -0.15) is 0 Å². The fraction of sp³-hybridized carbons (Fsp3) is 0.120. The average molecular weight is 444 g/mol. The topological polar surface area (TPSA) is 91.4 Å². The predicted molar refractivity (Wildman–Crippen MR) is 124 cm³/mol. The summed E-state index contributed by atoms with van der Waals surface area (Å²) >= 11 is 0. The van der Waals surface area contributed by atoms with E-state index in [0.29, 0.717) is 13.0 Å². The van der Waals surface area contributed by atoms with E-state index in [1.54, 1.807) is 29.2 Å². The largest absolute Gasteiger partial charge is 0.321 e. The molecule has 2 heterocycles. The van der Waals surface area contributed by atoms with Gasteiger partial charge in [-0.1, -0.05) is 18.2 Å². The monoisotopic (exact) mass is 444 g/mol. The van der Waals surface area contributed by atoms with Crippen molar-refractivity contribution in [1.82, 2.24) is 4.98 Å². The van der Waals surface area contributed by atoms with E-state index in [1.165, 1.54) is 24.4 Å². The summed E-state index contributed by atoms with van der Waals surface area (Å²) in [6.45, 7) is 0.712. The van der Waals surface area contributed by atoms with Crippen LogP contribution in [0, 0.1) is 5.82 Å². The van der Waals surface area contributed by atoms with Gasteiger partial charge in [-0.05, 0) is 60.5 Å². The summed E-state index contributed by atoms with van der Waals surface area (Å²) in [6.07, 6.45) is 5.82. The Kier molecular flexibility index (Phi) is 6.54. The molecule has 1 saturated heterocycles. The van der Waals surface area contributed by atoms with Crippen molar-refractivity contribution in [3.05, 3.63) is 90.0 Å². The number of hydrogen-bond donors (Lipinski definition) is 2. The normalized spacial score (nSPS) is 13.4. The summed E-state index contributed by atoms with van der Waals surface area (Å²) < 4.78 is 13.8. The zero-order chi connectivity index (χ0) is 23.2. The first-order valence-electron chi connectivity index (χ1n) is 10.4. The van der Waals surface area contributed by atoms with Gasteiger partial charge in [-0.25, -0.2) is 4.39 Å². The SMILES string of the molecule is O=C(C=Cc1ccc(N2CCCC2=O)cc1)Nc1cc(F)ccc1NC(=O)c1ccccn1. The van der Waals surface area contributed by atoms with E-state index in [2.05, 4.69) is 15.6 Å². The summed E-state index contributed by atoms with van der Waals surface area (Å²) in [5.74, 6) is -1.42. The molecule has 1 aliphatic rings. The van der Waals surface area contributed by atoms with Crippen molar-refractivity contribution in [2.75, 3.05) is 22.1 Å². The standard InChI is InChI=1S/C25H21FN4O3/c26-18-9-12-20(29-25(33)21-4-1-2-14-27-21)22(16-18)28-23(31)13-8-17-6-10-19(11-7-17)30-15-3-5-24(30)32/h1-2,4,6-14,16H,3,5,15H2,(H,28,31)(H,29,33). The average Bonchev–Trinajstić information content (AvgIpc) is 3.26. The van der Waals surface area contributed by atoms with Gasteiger partial charge in [0.05, 0.1) is 11.4 Å². The van der Waals surface area contributed by atoms with Crippen molar-refractivity contribution >= 4 is 40.9 Å². The Balaban J connectivity index is 1.42. The molecule has 166 valence electrons. The highest BCUT2D eigenvalue weighted by Crippen LogP contribution is 2.24. The van der Waals surface area contributed by atoms with Crippen molar-refractivity contribution in [2.24, 2.45) is 0 Å². The lowest BCUT2D eigenvalue weighted by atomic mass is 10.2. The first kappa shape index (κ1) is 21.9. The highest BCUT2D eigenvalue weighted by molar-refractivity contribution is 6.08. The van der Waals surface area contributed by atoms with E-state index in [0.717, 1.165) is 23.7 Å². The summed E-state index contributed by atoms with van der Waals surface area (Å²) in [7, 11) is 0. The Bertz CT molecular complexity index is 1210. The smallest absolute Gasteiger partial charge is 0.274 e. The highest BCUT2D eigenvalue weighted by atomic mass is 19.1. The molecular formula is C25H21FN4O3. The van der Waals surface area contributed by atoms with Crippen LogP contribution in [-0.4, -0.2) is 29.3 Å². The summed E-state index contributed by atoms with van der Waals surface area (Å²) in [5.41, 5.74) is 2.15. The number of anilines is 3. The third kappa shape index (κ3) is 5.48. The Hall–Kier alpha value is -4.33. The van der Waals surface area contributed by atoms with Crippen molar-refractivity contribution in [1.29, 1.82) is 0 Å². The van der Waals surface area contributed by atoms with Gasteiger partial charge in [-0.3, -0.25) is 19.4 Å². The van der Waals surface area contributed by atoms with Crippen LogP contribution in [0.1, 0.15) is 28.9 Å². The lowest BCUT2D eigenvalue weighted by Gasteiger charge is -2.15. The molecule has 0 unspecified atom stereocenters. The number of carbonyl (C=O) groups is 3. The van der Waals surface area contributed by atoms with Gasteiger partial charge in [0.15, 0.2) is 0 Å². The molecule has 3 amide bonds. The van der Waals surface area contributed by atoms with Crippen molar-refractivity contribution < 1.29 is 18.8 Å². The van der Waals surface area contributed by atoms with Gasteiger partial charge in [-0.15, -0.1) is 0 Å². The molecule has 0 atom stereocenters. The van der Waals surface area contributed by atoms with Gasteiger partial charge in [0.2, 0.25) is 11.8 Å². The van der Waals surface area contributed by atoms with Crippen LogP contribution < -0.4 is 15.5 Å². The summed E-state index contributed by atoms with van der Waals surface area (Å²) in [6, 6.07) is 15.9. The molecule has 4 rings (SSSR count). The number of aromatic nitrogens is 1. The first-order valence-corrected chi connectivity index (χ1v) is 10.4. The second kappa shape index (κ2) is 9.86. The Morgan fingerprint density at radius 2 is 1.82 bits per heavy atom. The first-order chi connectivity index (χ1) is 16.0. The van der Waals surface area contributed by atoms with E-state index in [9.17, 15) is 18.8 Å². The number of halogens is 1. The summed E-state index contributed by atoms with van der Waals surface area (Å²) in [4.78, 5) is 42.4. The Morgan fingerprint density at radius 1 is 1.00 bits per heavy atom. The van der Waals surface area contributed by atoms with Gasteiger partial charge in [0.25, 0.3) is 5.91 Å². The maximum atomic E-state index is 13.8. The fourth-order valence-electron chi connectivity index (χ4n) is 3.45. The molecular weight excluding hydrogens is 423 g/mol. The fourth-order valence-corrected chi connectivity index (χ4v) is 3.45. The quantitative estimate of drug-likeness (QED) is 0.556. The van der Waals surface area contributed by atoms with Crippen molar-refractivity contribution in [3.8, 4) is 0 Å². The van der Waals surface area contributed by atoms with E-state index in [-0.39, 0.29) is 23.0 Å². The van der Waals surface area contributed by atoms with E-state index >= 15 is 0 Å². The number of carbonyl (C=O) groups excluding carboxylic acids is 3. The Labute approximate surface area is 189 Å². The molecule has 1 fully saturated rings. The molecule has 1 aliphatic heterocycles. The van der Waals surface area contributed by atoms with Crippen LogP contribution in [0.4, 0.5) is 21.5 Å². The van der Waals surface area contributed by atoms with Crippen molar-refractivity contribution in [2.45, 2.75) is 12.8 Å². The molecule has 0 spiro atoms. The molecule has 0 saturated carbocycles. The van der Waals surface area contributed by atoms with E-state index in [1.807, 2.05) is 24.3 Å². The molecule has 8 heteroatoms. The molecule has 0 radical (unpaired) electrons. The molecule has 3 aromatic rings. The minimum atomic E-state index is -0.558. The maximum absolute atomic E-state index is 13.8. The second-order valence-corrected chi connectivity index (χ2v) is 7.42. The maximum Gasteiger partial charge on any atom is 0.274 e. The highest BCUT2D eigenvalue weighted by Gasteiger charge is 2.21. The molecule has 2 aromatic carbocycles. The number of nitrogens with zero attached hydrogens (tertiary/aromatic N) is 2. The summed E-state index contributed by atoms with van der Waals surface area (Å²) in [5, 5.41) is 5.22. The van der Waals surface area contributed by atoms with Gasteiger partial charge >= 0.3 is 0 Å². The van der Waals surface area contributed by atoms with E-state index < -0.39 is 17.6 Å². The molecule has 7 nitrogen and oxygen atoms in total. The minimum Gasteiger partial charge on any atom is -0.321 e. The zero-order valence-corrected chi connectivity index (χ0v) is 17.6. The lowest BCUT2D eigenvalue weighted by Crippen LogP contribution is -2.23. The lowest BCUT2D eigenvalue weighted by molar-refractivity contribution is -0.117. The number of benzene rings is 2. The third-order valence-electron chi connectivity index (χ3n) is 5.09. The molecule has 1 aromatic heterocycles. The van der Waals surface area contributed by atoms with Crippen LogP contribution in [0.25, 0.3) is 6.08 Å². The zero-order valence-electron chi connectivity index (χ0n) is 17.6. The van der Waals surface area contributed by atoms with Gasteiger partial charge < -0.3 is 15.5 Å². The van der Waals surface area contributed by atoms with Crippen LogP contribution in [0.15, 0.2) is 72.9 Å². The minimum absolute atomic E-state index is 0.110. The molecule has 0 bridgehead atoms. The van der Waals surface area contributed by atoms with Crippen molar-refractivity contribution in [3.63, 3.8) is 0 Å². The van der Waals surface area contributed by atoms with Crippen LogP contribution in [0.2, 0.25) is 0 Å². The van der Waals surface area contributed by atoms with Crippen LogP contribution in [0.3, 0.4) is 0 Å². The number of amides is 3. The molecule has 0 aliphatic carbocycles. The van der Waals surface area contributed by atoms with Crippen LogP contribution in [0.5, 0.6) is 0 Å². The molecule has 2 N–H and O–H groups in total. The number of rotatable bonds is 6. The molecule has 33 heavy (non-hydrogen) atoms. The van der Waals surface area contributed by atoms with Crippen LogP contribution >= 0.6 is 0 Å². The van der Waals surface area contributed by atoms with Gasteiger partial charge in [0.1, 0.15) is 11.5 Å². The number of hydrogen-bond acceptors (Lipinski definition) is 4. The second-order valence-electron chi connectivity index (χ2n) is 7.42. The predicted octanol–water partition coefficient (Wildman–Crippen LogP) is 4.25. The van der Waals surface area contributed by atoms with Crippen LogP contribution in [-0.2, 0) is 9.59 Å². The number of pyridine rings is 1. The van der Waals surface area contributed by atoms with E-state index in [4.69, 9.17) is 0 Å². The number of nitrogens with one attached hydrogen (secondary N) is 2.